The van der Waals surface area contributed by atoms with E-state index in [0.29, 0.717) is 24.2 Å². The van der Waals surface area contributed by atoms with Crippen LogP contribution in [0.2, 0.25) is 0 Å². The first-order chi connectivity index (χ1) is 12.7. The summed E-state index contributed by atoms with van der Waals surface area (Å²) < 4.78 is 11.1. The van der Waals surface area contributed by atoms with Gasteiger partial charge in [0.15, 0.2) is 0 Å². The maximum atomic E-state index is 12.1. The van der Waals surface area contributed by atoms with Crippen LogP contribution in [0.1, 0.15) is 18.4 Å². The lowest BCUT2D eigenvalue weighted by molar-refractivity contribution is 0.110. The topological polar surface area (TPSA) is 71.7 Å². The second-order valence-electron chi connectivity index (χ2n) is 6.55. The molecule has 1 atom stereocenters. The van der Waals surface area contributed by atoms with Gasteiger partial charge in [0.2, 0.25) is 0 Å². The summed E-state index contributed by atoms with van der Waals surface area (Å²) in [5.74, 6) is 0.116. The molecule has 4 rings (SSSR count). The molecule has 0 bridgehead atoms. The Morgan fingerprint density at radius 2 is 2.00 bits per heavy atom. The van der Waals surface area contributed by atoms with Crippen molar-refractivity contribution in [3.8, 4) is 16.9 Å². The summed E-state index contributed by atoms with van der Waals surface area (Å²) in [4.78, 5) is 12.1. The Morgan fingerprint density at radius 3 is 2.77 bits per heavy atom. The molecule has 0 amide bonds. The van der Waals surface area contributed by atoms with E-state index in [2.05, 4.69) is 5.32 Å². The Bertz CT molecular complexity index is 959. The molecular formula is C21H21NO4. The van der Waals surface area contributed by atoms with E-state index in [4.69, 9.17) is 9.15 Å². The summed E-state index contributed by atoms with van der Waals surface area (Å²) >= 11 is 0. The van der Waals surface area contributed by atoms with Crippen molar-refractivity contribution in [1.29, 1.82) is 0 Å². The van der Waals surface area contributed by atoms with E-state index in [1.54, 1.807) is 12.1 Å². The van der Waals surface area contributed by atoms with E-state index in [1.807, 2.05) is 30.3 Å². The summed E-state index contributed by atoms with van der Waals surface area (Å²) in [5.41, 5.74) is 2.33. The van der Waals surface area contributed by atoms with E-state index >= 15 is 0 Å². The third kappa shape index (κ3) is 3.36. The molecule has 0 spiro atoms. The zero-order chi connectivity index (χ0) is 17.9. The molecule has 1 aliphatic rings. The van der Waals surface area contributed by atoms with Crippen LogP contribution >= 0.6 is 0 Å². The fraction of sp³-hybridized carbons (Fsp3) is 0.286. The van der Waals surface area contributed by atoms with E-state index in [0.717, 1.165) is 36.0 Å². The molecule has 0 aliphatic carbocycles. The van der Waals surface area contributed by atoms with Crippen molar-refractivity contribution in [2.24, 2.45) is 0 Å². The van der Waals surface area contributed by atoms with Gasteiger partial charge < -0.3 is 19.6 Å². The Morgan fingerprint density at radius 1 is 1.15 bits per heavy atom. The van der Waals surface area contributed by atoms with Crippen molar-refractivity contribution in [2.75, 3.05) is 13.2 Å². The average molecular weight is 351 g/mol. The molecule has 1 aliphatic heterocycles. The van der Waals surface area contributed by atoms with Crippen molar-refractivity contribution in [3.05, 3.63) is 64.5 Å². The van der Waals surface area contributed by atoms with Crippen LogP contribution in [0.15, 0.2) is 57.7 Å². The second kappa shape index (κ2) is 7.32. The molecule has 0 radical (unpaired) electrons. The van der Waals surface area contributed by atoms with Gasteiger partial charge in [0.1, 0.15) is 11.3 Å². The first-order valence-electron chi connectivity index (χ1n) is 8.89. The van der Waals surface area contributed by atoms with Crippen molar-refractivity contribution < 1.29 is 14.3 Å². The number of aromatic hydroxyl groups is 1. The molecule has 134 valence electrons. The largest absolute Gasteiger partial charge is 0.507 e. The van der Waals surface area contributed by atoms with Crippen molar-refractivity contribution in [2.45, 2.75) is 25.5 Å². The summed E-state index contributed by atoms with van der Waals surface area (Å²) in [6.07, 6.45) is 2.34. The number of fused-ring (bicyclic) bond motifs is 1. The van der Waals surface area contributed by atoms with Crippen LogP contribution in [0.3, 0.4) is 0 Å². The maximum absolute atomic E-state index is 12.1. The first-order valence-corrected chi connectivity index (χ1v) is 8.89. The molecule has 5 nitrogen and oxygen atoms in total. The molecule has 3 aromatic rings. The molecule has 1 aromatic heterocycles. The number of benzene rings is 2. The quantitative estimate of drug-likeness (QED) is 0.689. The molecule has 2 heterocycles. The third-order valence-electron chi connectivity index (χ3n) is 4.77. The van der Waals surface area contributed by atoms with Gasteiger partial charge in [-0.05, 0) is 36.1 Å². The van der Waals surface area contributed by atoms with Gasteiger partial charge in [-0.2, -0.15) is 0 Å². The summed E-state index contributed by atoms with van der Waals surface area (Å²) in [6, 6.07) is 14.6. The number of rotatable bonds is 5. The monoisotopic (exact) mass is 351 g/mol. The minimum absolute atomic E-state index is 0.116. The van der Waals surface area contributed by atoms with Crippen LogP contribution in [-0.4, -0.2) is 24.4 Å². The number of ether oxygens (including phenoxy) is 1. The highest BCUT2D eigenvalue weighted by Crippen LogP contribution is 2.33. The van der Waals surface area contributed by atoms with E-state index < -0.39 is 5.63 Å². The number of phenolic OH excluding ortho intramolecular Hbond substituents is 1. The van der Waals surface area contributed by atoms with Gasteiger partial charge in [-0.3, -0.25) is 0 Å². The fourth-order valence-electron chi connectivity index (χ4n) is 3.46. The summed E-state index contributed by atoms with van der Waals surface area (Å²) in [6.45, 7) is 1.92. The highest BCUT2D eigenvalue weighted by molar-refractivity contribution is 5.95. The predicted molar refractivity (Wildman–Crippen MR) is 100 cm³/mol. The number of phenols is 1. The van der Waals surface area contributed by atoms with Crippen molar-refractivity contribution >= 4 is 11.0 Å². The molecular weight excluding hydrogens is 330 g/mol. The highest BCUT2D eigenvalue weighted by atomic mass is 16.5. The van der Waals surface area contributed by atoms with Crippen LogP contribution in [0, 0.1) is 0 Å². The second-order valence-corrected chi connectivity index (χ2v) is 6.55. The first kappa shape index (κ1) is 16.8. The zero-order valence-corrected chi connectivity index (χ0v) is 14.4. The van der Waals surface area contributed by atoms with Gasteiger partial charge in [-0.25, -0.2) is 4.79 Å². The van der Waals surface area contributed by atoms with Gasteiger partial charge in [0, 0.05) is 31.1 Å². The van der Waals surface area contributed by atoms with Gasteiger partial charge in [-0.1, -0.05) is 30.3 Å². The molecule has 5 heteroatoms. The molecule has 2 aromatic carbocycles. The number of hydrogen-bond donors (Lipinski definition) is 2. The number of hydrogen-bond acceptors (Lipinski definition) is 5. The molecule has 1 fully saturated rings. The number of nitrogens with one attached hydrogen (secondary N) is 1. The normalized spacial score (nSPS) is 17.0. The lowest BCUT2D eigenvalue weighted by atomic mass is 9.99. The van der Waals surface area contributed by atoms with Crippen molar-refractivity contribution in [1.82, 2.24) is 5.32 Å². The average Bonchev–Trinajstić information content (AvgIpc) is 3.17. The van der Waals surface area contributed by atoms with Crippen molar-refractivity contribution in [3.63, 3.8) is 0 Å². The zero-order valence-electron chi connectivity index (χ0n) is 14.4. The lowest BCUT2D eigenvalue weighted by Crippen LogP contribution is -2.26. The molecule has 26 heavy (non-hydrogen) atoms. The molecule has 2 N–H and O–H groups in total. The van der Waals surface area contributed by atoms with Gasteiger partial charge in [0.05, 0.1) is 11.7 Å². The Balaban J connectivity index is 1.72. The predicted octanol–water partition coefficient (Wildman–Crippen LogP) is 3.43. The van der Waals surface area contributed by atoms with E-state index in [1.165, 1.54) is 6.07 Å². The molecule has 0 unspecified atom stereocenters. The van der Waals surface area contributed by atoms with Crippen LogP contribution in [0.4, 0.5) is 0 Å². The molecule has 1 saturated heterocycles. The minimum atomic E-state index is -0.428. The SMILES string of the molecule is O=c1cc(-c2ccccc2)c2ccc(O)c(CNC[C@@H]3CCCO3)c2o1. The maximum Gasteiger partial charge on any atom is 0.336 e. The van der Waals surface area contributed by atoms with Gasteiger partial charge in [-0.15, -0.1) is 0 Å². The van der Waals surface area contributed by atoms with E-state index in [9.17, 15) is 9.90 Å². The van der Waals surface area contributed by atoms with Gasteiger partial charge in [0.25, 0.3) is 0 Å². The Kier molecular flexibility index (Phi) is 4.73. The highest BCUT2D eigenvalue weighted by Gasteiger charge is 2.17. The van der Waals surface area contributed by atoms with E-state index in [-0.39, 0.29) is 11.9 Å². The Hall–Kier alpha value is -2.63. The summed E-state index contributed by atoms with van der Waals surface area (Å²) in [7, 11) is 0. The van der Waals surface area contributed by atoms with Crippen LogP contribution in [-0.2, 0) is 11.3 Å². The Labute approximate surface area is 151 Å². The smallest absolute Gasteiger partial charge is 0.336 e. The van der Waals surface area contributed by atoms with Crippen LogP contribution in [0.25, 0.3) is 22.1 Å². The lowest BCUT2D eigenvalue weighted by Gasteiger charge is -2.14. The van der Waals surface area contributed by atoms with Crippen LogP contribution < -0.4 is 10.9 Å². The summed E-state index contributed by atoms with van der Waals surface area (Å²) in [5, 5.41) is 14.4. The van der Waals surface area contributed by atoms with Crippen LogP contribution in [0.5, 0.6) is 5.75 Å². The molecule has 0 saturated carbocycles. The third-order valence-corrected chi connectivity index (χ3v) is 4.77. The standard InChI is InChI=1S/C21H21NO4/c23-19-9-8-16-17(14-5-2-1-3-6-14)11-20(24)26-21(16)18(19)13-22-12-15-7-4-10-25-15/h1-3,5-6,8-9,11,15,22-23H,4,7,10,12-13H2/t15-/m0/s1. The minimum Gasteiger partial charge on any atom is -0.507 e. The van der Waals surface area contributed by atoms with Gasteiger partial charge >= 0.3 is 5.63 Å². The fourth-order valence-corrected chi connectivity index (χ4v) is 3.46.